The zero-order valence-electron chi connectivity index (χ0n) is 42.6. The Morgan fingerprint density at radius 3 is 1.38 bits per heavy atom. The van der Waals surface area contributed by atoms with Crippen LogP contribution in [0.25, 0.3) is 42.9 Å². The van der Waals surface area contributed by atoms with Crippen LogP contribution in [0.1, 0.15) is 142 Å². The van der Waals surface area contributed by atoms with Gasteiger partial charge >= 0.3 is 11.9 Å². The van der Waals surface area contributed by atoms with Gasteiger partial charge in [0.1, 0.15) is 65.2 Å². The molecule has 6 aliphatic carbocycles. The predicted octanol–water partition coefficient (Wildman–Crippen LogP) is 13.2. The van der Waals surface area contributed by atoms with Crippen molar-refractivity contribution in [3.8, 4) is 22.5 Å². The number of carbonyl (C=O) groups is 2. The van der Waals surface area contributed by atoms with Crippen molar-refractivity contribution in [2.24, 2.45) is 23.7 Å². The van der Waals surface area contributed by atoms with Gasteiger partial charge in [-0.05, 0) is 125 Å². The second-order valence-electron chi connectivity index (χ2n) is 22.1. The molecule has 14 rings (SSSR count). The highest BCUT2D eigenvalue weighted by Crippen LogP contribution is 2.59. The first-order valence-electron chi connectivity index (χ1n) is 26.6. The number of aromatic nitrogens is 6. The molecule has 6 heterocycles. The van der Waals surface area contributed by atoms with Crippen molar-refractivity contribution in [2.75, 3.05) is 0 Å². The summed E-state index contributed by atoms with van der Waals surface area (Å²) in [6, 6.07) is 4.74. The minimum Gasteiger partial charge on any atom is -0.619 e. The summed E-state index contributed by atoms with van der Waals surface area (Å²) in [7, 11) is 0. The molecule has 0 spiro atoms. The fraction of sp³-hybridized carbons (Fsp3) is 0.429. The first-order valence-corrected chi connectivity index (χ1v) is 29.7. The van der Waals surface area contributed by atoms with Gasteiger partial charge in [-0.15, -0.1) is 22.7 Å². The molecule has 6 aromatic heterocycles. The number of ether oxygens (including phenoxy) is 2. The lowest BCUT2D eigenvalue weighted by Gasteiger charge is -2.41. The Balaban J connectivity index is 0.000000153. The number of carboxylic acid groups (broad SMARTS) is 2. The number of aliphatic hydroxyl groups is 2. The number of fused-ring (bicyclic) bond motifs is 6. The van der Waals surface area contributed by atoms with Crippen LogP contribution >= 0.6 is 69.1 Å². The van der Waals surface area contributed by atoms with Crippen LogP contribution < -0.4 is 4.73 Å². The van der Waals surface area contributed by atoms with Gasteiger partial charge < -0.3 is 44.2 Å². The molecule has 0 radical (unpaired) electrons. The number of thiazole rings is 2. The molecule has 422 valence electrons. The minimum absolute atomic E-state index is 0.0783. The first kappa shape index (κ1) is 54.8. The van der Waals surface area contributed by atoms with Crippen molar-refractivity contribution in [2.45, 2.75) is 126 Å². The highest BCUT2D eigenvalue weighted by atomic mass is 35.5. The van der Waals surface area contributed by atoms with Crippen molar-refractivity contribution in [3.05, 3.63) is 130 Å². The molecular weight excluding hydrogens is 1180 g/mol. The molecule has 0 aliphatic heterocycles. The van der Waals surface area contributed by atoms with Crippen LogP contribution in [0.3, 0.4) is 0 Å². The highest BCUT2D eigenvalue weighted by molar-refractivity contribution is 7.19. The molecular formula is C56H48Cl4F2N6O11S2. The lowest BCUT2D eigenvalue weighted by molar-refractivity contribution is -0.605. The lowest BCUT2D eigenvalue weighted by atomic mass is 9.73. The largest absolute Gasteiger partial charge is 0.619 e. The fourth-order valence-corrected chi connectivity index (χ4v) is 16.7. The molecule has 6 aliphatic rings. The molecule has 81 heavy (non-hydrogen) atoms. The van der Waals surface area contributed by atoms with E-state index in [9.17, 15) is 44.0 Å². The topological polar surface area (TPSA) is 251 Å². The molecule has 4 N–H and O–H groups in total. The monoisotopic (exact) mass is 1220 g/mol. The lowest BCUT2D eigenvalue weighted by Crippen LogP contribution is -2.44. The number of benzene rings is 2. The summed E-state index contributed by atoms with van der Waals surface area (Å²) in [6.07, 6.45) is 14.8. The average Bonchev–Trinajstić information content (AvgIpc) is 3.50. The number of halogens is 6. The molecule has 6 saturated carbocycles. The van der Waals surface area contributed by atoms with E-state index in [4.69, 9.17) is 64.9 Å². The first-order chi connectivity index (χ1) is 38.9. The van der Waals surface area contributed by atoms with Crippen LogP contribution in [0, 0.1) is 40.5 Å². The Hall–Kier alpha value is -5.46. The number of nitrogens with zero attached hydrogens (tertiary/aromatic N) is 6. The van der Waals surface area contributed by atoms with Gasteiger partial charge in [0.25, 0.3) is 0 Å². The smallest absolute Gasteiger partial charge is 0.335 e. The van der Waals surface area contributed by atoms with Crippen molar-refractivity contribution >= 4 is 101 Å². The Kier molecular flexibility index (Phi) is 14.2. The normalized spacial score (nSPS) is 25.9. The van der Waals surface area contributed by atoms with Crippen molar-refractivity contribution < 1.29 is 62.0 Å². The van der Waals surface area contributed by atoms with Gasteiger partial charge in [0.2, 0.25) is 0 Å². The number of hydrogen-bond acceptors (Lipinski definition) is 16. The van der Waals surface area contributed by atoms with Gasteiger partial charge in [-0.1, -0.05) is 56.7 Å². The summed E-state index contributed by atoms with van der Waals surface area (Å²) in [5.41, 5.74) is 1.03. The maximum atomic E-state index is 14.7. The third-order valence-electron chi connectivity index (χ3n) is 17.2. The van der Waals surface area contributed by atoms with E-state index in [0.29, 0.717) is 88.3 Å². The molecule has 4 unspecified atom stereocenters. The van der Waals surface area contributed by atoms with Crippen LogP contribution in [0.15, 0.2) is 58.1 Å². The van der Waals surface area contributed by atoms with E-state index in [2.05, 4.69) is 25.3 Å². The molecule has 8 aromatic rings. The van der Waals surface area contributed by atoms with Gasteiger partial charge in [0.15, 0.2) is 24.0 Å². The van der Waals surface area contributed by atoms with Crippen LogP contribution in [0.4, 0.5) is 8.78 Å². The maximum absolute atomic E-state index is 14.7. The molecule has 4 bridgehead atoms. The van der Waals surface area contributed by atoms with E-state index in [1.807, 2.05) is 0 Å². The minimum atomic E-state index is -1.24. The summed E-state index contributed by atoms with van der Waals surface area (Å²) < 4.78 is 55.1. The zero-order chi connectivity index (χ0) is 56.4. The number of aromatic carboxylic acids is 2. The number of rotatable bonds is 14. The van der Waals surface area contributed by atoms with E-state index in [-0.39, 0.29) is 87.2 Å². The van der Waals surface area contributed by atoms with E-state index in [1.54, 1.807) is 0 Å². The maximum Gasteiger partial charge on any atom is 0.335 e. The second-order valence-corrected chi connectivity index (χ2v) is 25.8. The third-order valence-corrected chi connectivity index (χ3v) is 20.7. The molecule has 8 atom stereocenters. The second kappa shape index (κ2) is 21.0. The standard InChI is InChI=1S/C28H24Cl2FN3O6S.C28H24Cl2FN3O5S/c29-18-9-34(38)10-19(30)22(18)23-17(25(40-33-23)12-1-2-12)11-39-16-7-14-3-4-15(8-16)28(14,37)27-32-24-20(31)5-13(26(35)36)6-21(24)41-27;29-18-9-32-10-19(30)22(18)23-17(25(39-34-23)12-1-2-12)11-38-16-7-14-3-4-15(8-16)28(14,37)27-33-24-20(31)5-13(26(35)36)6-21(24)40-27/h5-6,9-10,12,14-16,37H,1-4,7-8,11H2,(H,35,36);5-6,9-10,12,14-16,37H,1-4,7-8,11H2,(H,35,36)/t2*14-,15+,16?,28?. The SMILES string of the molecule is O=C(O)c1cc(F)c2nc(C3(O)[C@@H]4CC[C@H]3CC(OCc3c(-c5c(Cl)c[n+]([O-])cc5Cl)noc3C3CC3)C4)sc2c1.O=C(O)c1cc(F)c2nc(C3(O)[C@@H]4CC[C@H]3CC(OCc3c(-c5c(Cl)cncc5Cl)noc3C3CC3)C4)sc2c1. The van der Waals surface area contributed by atoms with Crippen molar-refractivity contribution in [3.63, 3.8) is 0 Å². The van der Waals surface area contributed by atoms with Crippen LogP contribution in [0.5, 0.6) is 0 Å². The predicted molar refractivity (Wildman–Crippen MR) is 294 cm³/mol. The van der Waals surface area contributed by atoms with E-state index in [0.717, 1.165) is 97.5 Å². The third kappa shape index (κ3) is 9.75. The van der Waals surface area contributed by atoms with E-state index < -0.39 is 34.8 Å². The summed E-state index contributed by atoms with van der Waals surface area (Å²) >= 11 is 27.9. The number of carboxylic acids is 2. The molecule has 0 amide bonds. The van der Waals surface area contributed by atoms with Gasteiger partial charge in [0.05, 0.1) is 61.6 Å². The molecule has 0 saturated heterocycles. The molecule has 17 nitrogen and oxygen atoms in total. The van der Waals surface area contributed by atoms with Crippen LogP contribution in [-0.2, 0) is 33.9 Å². The van der Waals surface area contributed by atoms with Gasteiger partial charge in [-0.2, -0.15) is 4.73 Å². The number of pyridine rings is 2. The molecule has 2 aromatic carbocycles. The average molecular weight is 1220 g/mol. The Labute approximate surface area is 487 Å². The zero-order valence-corrected chi connectivity index (χ0v) is 47.2. The highest BCUT2D eigenvalue weighted by Gasteiger charge is 2.58. The Morgan fingerprint density at radius 2 is 1.01 bits per heavy atom. The van der Waals surface area contributed by atoms with E-state index >= 15 is 0 Å². The summed E-state index contributed by atoms with van der Waals surface area (Å²) in [6.45, 7) is 0.475. The summed E-state index contributed by atoms with van der Waals surface area (Å²) in [5, 5.41) is 64.8. The van der Waals surface area contributed by atoms with Crippen LogP contribution in [-0.4, -0.2) is 69.8 Å². The fourth-order valence-electron chi connectivity index (χ4n) is 13.0. The number of hydrogen-bond donors (Lipinski definition) is 4. The Morgan fingerprint density at radius 1 is 0.630 bits per heavy atom. The quantitative estimate of drug-likeness (QED) is 0.0583. The van der Waals surface area contributed by atoms with Crippen molar-refractivity contribution in [1.29, 1.82) is 0 Å². The molecule has 25 heteroatoms. The van der Waals surface area contributed by atoms with E-state index in [1.165, 1.54) is 48.3 Å². The Bertz CT molecular complexity index is 3780. The van der Waals surface area contributed by atoms with Crippen LogP contribution in [0.2, 0.25) is 20.1 Å². The van der Waals surface area contributed by atoms with Gasteiger partial charge in [-0.25, -0.2) is 28.3 Å². The molecule has 6 fully saturated rings. The van der Waals surface area contributed by atoms with Crippen molar-refractivity contribution in [1.82, 2.24) is 25.3 Å². The summed E-state index contributed by atoms with van der Waals surface area (Å²) in [5.74, 6) is -2.29. The van der Waals surface area contributed by atoms with Gasteiger partial charge in [-0.3, -0.25) is 4.98 Å². The van der Waals surface area contributed by atoms with Gasteiger partial charge in [0, 0.05) is 40.9 Å². The summed E-state index contributed by atoms with van der Waals surface area (Å²) in [4.78, 5) is 35.7.